The Morgan fingerprint density at radius 2 is 1.89 bits per heavy atom. The maximum atomic E-state index is 12.6. The van der Waals surface area contributed by atoms with Crippen molar-refractivity contribution in [1.82, 2.24) is 0 Å². The quantitative estimate of drug-likeness (QED) is 0.887. The number of rotatable bonds is 4. The topological polar surface area (TPSA) is 66.4 Å². The lowest BCUT2D eigenvalue weighted by molar-refractivity contribution is -0.137. The molecule has 0 atom stereocenters. The number of hydrogen-bond acceptors (Lipinski definition) is 2. The summed E-state index contributed by atoms with van der Waals surface area (Å²) in [4.78, 5) is 22.1. The molecule has 2 N–H and O–H groups in total. The highest BCUT2D eigenvalue weighted by atomic mass is 19.4. The minimum absolute atomic E-state index is 0.151. The van der Waals surface area contributed by atoms with Crippen LogP contribution in [0.5, 0.6) is 0 Å². The highest BCUT2D eigenvalue weighted by molar-refractivity contribution is 5.94. The number of carboxylic acid groups (broad SMARTS) is 1. The Kier molecular flexibility index (Phi) is 4.52. The number of carbonyl (C=O) groups is 2. The summed E-state index contributed by atoms with van der Waals surface area (Å²) in [6, 6.07) is 2.23. The number of alkyl halides is 3. The van der Waals surface area contributed by atoms with Crippen LogP contribution in [-0.4, -0.2) is 17.0 Å². The summed E-state index contributed by atoms with van der Waals surface area (Å²) in [7, 11) is 0. The Hall–Kier alpha value is -2.05. The van der Waals surface area contributed by atoms with E-state index in [-0.39, 0.29) is 12.1 Å². The molecule has 0 saturated carbocycles. The SMILES string of the molecule is CCCC(=O)Nc1cc(C(=O)O)cc(C(F)(F)F)c1. The molecule has 4 nitrogen and oxygen atoms in total. The summed E-state index contributed by atoms with van der Waals surface area (Å²) < 4.78 is 37.8. The van der Waals surface area contributed by atoms with E-state index in [0.717, 1.165) is 6.07 Å². The molecule has 0 fully saturated rings. The summed E-state index contributed by atoms with van der Waals surface area (Å²) in [5.41, 5.74) is -1.81. The summed E-state index contributed by atoms with van der Waals surface area (Å²) in [6.07, 6.45) is -3.98. The lowest BCUT2D eigenvalue weighted by Crippen LogP contribution is -2.14. The summed E-state index contributed by atoms with van der Waals surface area (Å²) in [5, 5.41) is 11.0. The maximum absolute atomic E-state index is 12.6. The van der Waals surface area contributed by atoms with Gasteiger partial charge < -0.3 is 10.4 Å². The molecule has 0 radical (unpaired) electrons. The third-order valence-corrected chi connectivity index (χ3v) is 2.27. The molecule has 1 rings (SSSR count). The van der Waals surface area contributed by atoms with E-state index in [9.17, 15) is 22.8 Å². The predicted octanol–water partition coefficient (Wildman–Crippen LogP) is 3.14. The first kappa shape index (κ1) is 15.0. The van der Waals surface area contributed by atoms with Crippen LogP contribution in [0.3, 0.4) is 0 Å². The Morgan fingerprint density at radius 1 is 1.26 bits per heavy atom. The minimum Gasteiger partial charge on any atom is -0.478 e. The Morgan fingerprint density at radius 3 is 2.37 bits per heavy atom. The number of nitrogens with one attached hydrogen (secondary N) is 1. The monoisotopic (exact) mass is 275 g/mol. The smallest absolute Gasteiger partial charge is 0.416 e. The number of halogens is 3. The number of aromatic carboxylic acids is 1. The van der Waals surface area contributed by atoms with Gasteiger partial charge in [0.25, 0.3) is 0 Å². The van der Waals surface area contributed by atoms with Gasteiger partial charge in [0.1, 0.15) is 0 Å². The Labute approximate surface area is 107 Å². The molecule has 1 amide bonds. The predicted molar refractivity (Wildman–Crippen MR) is 61.9 cm³/mol. The molecule has 0 aliphatic carbocycles. The van der Waals surface area contributed by atoms with E-state index >= 15 is 0 Å². The summed E-state index contributed by atoms with van der Waals surface area (Å²) in [5.74, 6) is -1.95. The third kappa shape index (κ3) is 4.27. The first-order valence-corrected chi connectivity index (χ1v) is 5.49. The third-order valence-electron chi connectivity index (χ3n) is 2.27. The van der Waals surface area contributed by atoms with Gasteiger partial charge >= 0.3 is 12.1 Å². The number of anilines is 1. The van der Waals surface area contributed by atoms with E-state index in [4.69, 9.17) is 5.11 Å². The van der Waals surface area contributed by atoms with Crippen LogP contribution in [0.2, 0.25) is 0 Å². The van der Waals surface area contributed by atoms with Crippen molar-refractivity contribution in [2.75, 3.05) is 5.32 Å². The number of carboxylic acids is 1. The van der Waals surface area contributed by atoms with Crippen molar-refractivity contribution < 1.29 is 27.9 Å². The molecule has 104 valence electrons. The van der Waals surface area contributed by atoms with Gasteiger partial charge in [0.05, 0.1) is 11.1 Å². The highest BCUT2D eigenvalue weighted by Gasteiger charge is 2.32. The number of amides is 1. The van der Waals surface area contributed by atoms with E-state index in [2.05, 4.69) is 5.32 Å². The fourth-order valence-corrected chi connectivity index (χ4v) is 1.44. The van der Waals surface area contributed by atoms with Gasteiger partial charge in [-0.3, -0.25) is 4.79 Å². The average molecular weight is 275 g/mol. The van der Waals surface area contributed by atoms with Gasteiger partial charge in [-0.2, -0.15) is 13.2 Å². The van der Waals surface area contributed by atoms with Gasteiger partial charge in [-0.25, -0.2) is 4.79 Å². The van der Waals surface area contributed by atoms with Gasteiger partial charge in [-0.1, -0.05) is 6.92 Å². The molecule has 0 aliphatic heterocycles. The number of hydrogen-bond donors (Lipinski definition) is 2. The van der Waals surface area contributed by atoms with Crippen molar-refractivity contribution in [2.45, 2.75) is 25.9 Å². The Bertz CT molecular complexity index is 497. The molecular weight excluding hydrogens is 263 g/mol. The molecule has 1 aromatic carbocycles. The molecule has 7 heteroatoms. The molecule has 0 heterocycles. The number of carbonyl (C=O) groups excluding carboxylic acids is 1. The molecular formula is C12H12F3NO3. The summed E-state index contributed by atoms with van der Waals surface area (Å²) in [6.45, 7) is 1.74. The second-order valence-corrected chi connectivity index (χ2v) is 3.90. The average Bonchev–Trinajstić information content (AvgIpc) is 2.27. The van der Waals surface area contributed by atoms with Crippen LogP contribution in [0.15, 0.2) is 18.2 Å². The lowest BCUT2D eigenvalue weighted by Gasteiger charge is -2.11. The van der Waals surface area contributed by atoms with E-state index in [1.807, 2.05) is 0 Å². The van der Waals surface area contributed by atoms with Crippen LogP contribution >= 0.6 is 0 Å². The van der Waals surface area contributed by atoms with Crippen LogP contribution < -0.4 is 5.32 Å². The molecule has 0 aromatic heterocycles. The van der Waals surface area contributed by atoms with Crippen molar-refractivity contribution >= 4 is 17.6 Å². The van der Waals surface area contributed by atoms with Gasteiger partial charge in [0.2, 0.25) is 5.91 Å². The van der Waals surface area contributed by atoms with Crippen LogP contribution in [0.4, 0.5) is 18.9 Å². The fourth-order valence-electron chi connectivity index (χ4n) is 1.44. The van der Waals surface area contributed by atoms with Gasteiger partial charge in [0.15, 0.2) is 0 Å². The molecule has 0 saturated heterocycles. The lowest BCUT2D eigenvalue weighted by atomic mass is 10.1. The van der Waals surface area contributed by atoms with Gasteiger partial charge in [0, 0.05) is 12.1 Å². The zero-order valence-corrected chi connectivity index (χ0v) is 10.0. The molecule has 0 bridgehead atoms. The van der Waals surface area contributed by atoms with Crippen LogP contribution in [0, 0.1) is 0 Å². The van der Waals surface area contributed by atoms with E-state index < -0.39 is 29.2 Å². The first-order valence-electron chi connectivity index (χ1n) is 5.49. The normalized spacial score (nSPS) is 11.2. The van der Waals surface area contributed by atoms with Gasteiger partial charge in [-0.15, -0.1) is 0 Å². The minimum atomic E-state index is -4.67. The maximum Gasteiger partial charge on any atom is 0.416 e. The second-order valence-electron chi connectivity index (χ2n) is 3.90. The largest absolute Gasteiger partial charge is 0.478 e. The van der Waals surface area contributed by atoms with Crippen LogP contribution in [-0.2, 0) is 11.0 Å². The van der Waals surface area contributed by atoms with Crippen molar-refractivity contribution in [3.63, 3.8) is 0 Å². The second kappa shape index (κ2) is 5.73. The highest BCUT2D eigenvalue weighted by Crippen LogP contribution is 2.32. The van der Waals surface area contributed by atoms with Crippen molar-refractivity contribution in [3.8, 4) is 0 Å². The first-order chi connectivity index (χ1) is 8.74. The van der Waals surface area contributed by atoms with Gasteiger partial charge in [-0.05, 0) is 24.6 Å². The zero-order chi connectivity index (χ0) is 14.6. The van der Waals surface area contributed by atoms with E-state index in [1.54, 1.807) is 6.92 Å². The number of benzene rings is 1. The molecule has 0 aliphatic rings. The molecule has 0 spiro atoms. The van der Waals surface area contributed by atoms with Crippen LogP contribution in [0.25, 0.3) is 0 Å². The van der Waals surface area contributed by atoms with Crippen LogP contribution in [0.1, 0.15) is 35.7 Å². The molecule has 0 unspecified atom stereocenters. The standard InChI is InChI=1S/C12H12F3NO3/c1-2-3-10(17)16-9-5-7(11(18)19)4-8(6-9)12(13,14)15/h4-6H,2-3H2,1H3,(H,16,17)(H,18,19). The fraction of sp³-hybridized carbons (Fsp3) is 0.333. The molecule has 19 heavy (non-hydrogen) atoms. The summed E-state index contributed by atoms with van der Waals surface area (Å²) >= 11 is 0. The molecule has 1 aromatic rings. The Balaban J connectivity index is 3.14. The van der Waals surface area contributed by atoms with E-state index in [0.29, 0.717) is 18.6 Å². The van der Waals surface area contributed by atoms with Crippen molar-refractivity contribution in [2.24, 2.45) is 0 Å². The van der Waals surface area contributed by atoms with Crippen molar-refractivity contribution in [1.29, 1.82) is 0 Å². The zero-order valence-electron chi connectivity index (χ0n) is 10.0. The van der Waals surface area contributed by atoms with Crippen molar-refractivity contribution in [3.05, 3.63) is 29.3 Å². The van der Waals surface area contributed by atoms with E-state index in [1.165, 1.54) is 0 Å².